The molecule has 2 unspecified atom stereocenters. The van der Waals surface area contributed by atoms with Crippen LogP contribution in [-0.4, -0.2) is 67.1 Å². The summed E-state index contributed by atoms with van der Waals surface area (Å²) in [5, 5.41) is 18.2. The minimum absolute atomic E-state index is 0.161. The molecule has 0 aromatic heterocycles. The summed E-state index contributed by atoms with van der Waals surface area (Å²) in [6, 6.07) is 16.3. The Morgan fingerprint density at radius 1 is 1.02 bits per heavy atom. The van der Waals surface area contributed by atoms with Gasteiger partial charge in [-0.25, -0.2) is 17.9 Å². The molecule has 0 saturated carbocycles. The van der Waals surface area contributed by atoms with Gasteiger partial charge >= 0.3 is 12.0 Å². The van der Waals surface area contributed by atoms with E-state index in [0.29, 0.717) is 29.8 Å². The average molecular weight is 664 g/mol. The number of urea groups is 1. The summed E-state index contributed by atoms with van der Waals surface area (Å²) in [5.74, 6) is -2.40. The van der Waals surface area contributed by atoms with Gasteiger partial charge in [-0.05, 0) is 66.8 Å². The fourth-order valence-corrected chi connectivity index (χ4v) is 7.07. The van der Waals surface area contributed by atoms with Crippen LogP contribution in [0, 0.1) is 6.92 Å². The number of aliphatic carboxylic acids is 1. The van der Waals surface area contributed by atoms with Gasteiger partial charge in [0.15, 0.2) is 0 Å². The molecule has 0 saturated heterocycles. The first-order chi connectivity index (χ1) is 22.1. The highest BCUT2D eigenvalue weighted by Crippen LogP contribution is 2.35. The molecule has 5 N–H and O–H groups in total. The number of carboxylic acids is 1. The molecular formula is C34H41N5O7S. The van der Waals surface area contributed by atoms with Crippen LogP contribution in [0.15, 0.2) is 66.7 Å². The van der Waals surface area contributed by atoms with Crippen LogP contribution in [0.1, 0.15) is 60.7 Å². The number of anilines is 3. The number of amides is 4. The molecule has 3 aromatic rings. The molecule has 0 fully saturated rings. The number of benzene rings is 3. The number of fused-ring (bicyclic) bond motifs is 1. The Labute approximate surface area is 275 Å². The zero-order valence-corrected chi connectivity index (χ0v) is 27.9. The molecule has 47 heavy (non-hydrogen) atoms. The molecule has 0 spiro atoms. The van der Waals surface area contributed by atoms with Gasteiger partial charge in [-0.1, -0.05) is 63.6 Å². The maximum atomic E-state index is 13.8. The summed E-state index contributed by atoms with van der Waals surface area (Å²) in [4.78, 5) is 53.3. The number of nitrogens with zero attached hydrogens (tertiary/aromatic N) is 1. The summed E-state index contributed by atoms with van der Waals surface area (Å²) in [7, 11) is -2.29. The zero-order valence-electron chi connectivity index (χ0n) is 27.1. The van der Waals surface area contributed by atoms with E-state index < -0.39 is 51.3 Å². The molecule has 0 bridgehead atoms. The Morgan fingerprint density at radius 3 is 2.34 bits per heavy atom. The van der Waals surface area contributed by atoms with Crippen LogP contribution in [0.25, 0.3) is 0 Å². The van der Waals surface area contributed by atoms with Crippen LogP contribution in [0.3, 0.4) is 0 Å². The van der Waals surface area contributed by atoms with Gasteiger partial charge < -0.3 is 26.0 Å². The summed E-state index contributed by atoms with van der Waals surface area (Å²) in [6.07, 6.45) is 0.835. The lowest BCUT2D eigenvalue weighted by Crippen LogP contribution is -2.53. The molecule has 250 valence electrons. The molecule has 0 radical (unpaired) electrons. The highest BCUT2D eigenvalue weighted by Gasteiger charge is 2.44. The highest BCUT2D eigenvalue weighted by atomic mass is 32.2. The van der Waals surface area contributed by atoms with Crippen molar-refractivity contribution in [1.29, 1.82) is 0 Å². The molecule has 2 atom stereocenters. The minimum atomic E-state index is -3.82. The van der Waals surface area contributed by atoms with Crippen LogP contribution in [0.5, 0.6) is 0 Å². The molecule has 1 aliphatic heterocycles. The number of carbonyl (C=O) groups is 4. The van der Waals surface area contributed by atoms with E-state index in [-0.39, 0.29) is 23.4 Å². The summed E-state index contributed by atoms with van der Waals surface area (Å²) in [5.41, 5.74) is 2.86. The van der Waals surface area contributed by atoms with Crippen molar-refractivity contribution < 1.29 is 32.7 Å². The lowest BCUT2D eigenvalue weighted by Gasteiger charge is -2.38. The second kappa shape index (κ2) is 14.3. The fraction of sp³-hybridized carbons (Fsp3) is 0.353. The Kier molecular flexibility index (Phi) is 10.7. The summed E-state index contributed by atoms with van der Waals surface area (Å²) in [6.45, 7) is 7.42. The number of sulfonamides is 1. The van der Waals surface area contributed by atoms with Crippen LogP contribution < -0.4 is 20.7 Å². The van der Waals surface area contributed by atoms with E-state index in [1.165, 1.54) is 24.1 Å². The molecule has 12 nitrogen and oxygen atoms in total. The van der Waals surface area contributed by atoms with Crippen molar-refractivity contribution in [3.8, 4) is 0 Å². The third-order valence-electron chi connectivity index (χ3n) is 8.32. The average Bonchev–Trinajstić information content (AvgIpc) is 3.10. The largest absolute Gasteiger partial charge is 0.480 e. The van der Waals surface area contributed by atoms with Crippen molar-refractivity contribution in [2.24, 2.45) is 0 Å². The number of hydrogen-bond acceptors (Lipinski definition) is 6. The number of para-hydroxylation sites is 1. The lowest BCUT2D eigenvalue weighted by atomic mass is 9.76. The minimum Gasteiger partial charge on any atom is -0.480 e. The first-order valence-electron chi connectivity index (χ1n) is 15.3. The van der Waals surface area contributed by atoms with Crippen molar-refractivity contribution in [2.45, 2.75) is 64.5 Å². The van der Waals surface area contributed by atoms with Gasteiger partial charge in [-0.3, -0.25) is 14.4 Å². The smallest absolute Gasteiger partial charge is 0.323 e. The topological polar surface area (TPSA) is 174 Å². The van der Waals surface area contributed by atoms with Gasteiger partial charge in [0, 0.05) is 23.8 Å². The van der Waals surface area contributed by atoms with E-state index >= 15 is 0 Å². The van der Waals surface area contributed by atoms with Crippen LogP contribution >= 0.6 is 0 Å². The third-order valence-corrected chi connectivity index (χ3v) is 9.79. The molecule has 4 amide bonds. The Bertz CT molecular complexity index is 1770. The Balaban J connectivity index is 1.51. The second-order valence-electron chi connectivity index (χ2n) is 12.3. The van der Waals surface area contributed by atoms with Gasteiger partial charge in [-0.15, -0.1) is 0 Å². The van der Waals surface area contributed by atoms with E-state index in [0.717, 1.165) is 11.1 Å². The molecule has 3 aromatic carbocycles. The van der Waals surface area contributed by atoms with Crippen LogP contribution in [0.2, 0.25) is 0 Å². The number of likely N-dealkylation sites (N-methyl/N-ethyl adjacent to an activating group) is 1. The van der Waals surface area contributed by atoms with Crippen molar-refractivity contribution in [2.75, 3.05) is 28.8 Å². The molecule has 4 rings (SSSR count). The van der Waals surface area contributed by atoms with Gasteiger partial charge in [0.2, 0.25) is 15.9 Å². The van der Waals surface area contributed by atoms with Gasteiger partial charge in [0.05, 0.1) is 17.0 Å². The third kappa shape index (κ3) is 8.35. The van der Waals surface area contributed by atoms with E-state index in [2.05, 4.69) is 20.7 Å². The number of rotatable bonds is 12. The number of carbonyl (C=O) groups excluding carboxylic acids is 3. The monoisotopic (exact) mass is 663 g/mol. The normalized spacial score (nSPS) is 15.7. The van der Waals surface area contributed by atoms with Crippen molar-refractivity contribution >= 4 is 50.9 Å². The number of unbranched alkanes of at least 4 members (excludes halogenated alkanes) is 1. The molecule has 1 heterocycles. The molecule has 0 aliphatic carbocycles. The maximum absolute atomic E-state index is 13.8. The maximum Gasteiger partial charge on any atom is 0.323 e. The van der Waals surface area contributed by atoms with E-state index in [1.807, 2.05) is 45.9 Å². The molecule has 13 heteroatoms. The summed E-state index contributed by atoms with van der Waals surface area (Å²) >= 11 is 0. The molecular weight excluding hydrogens is 622 g/mol. The van der Waals surface area contributed by atoms with Crippen molar-refractivity contribution in [1.82, 2.24) is 9.62 Å². The fourth-order valence-electron chi connectivity index (χ4n) is 5.66. The zero-order chi connectivity index (χ0) is 34.5. The SMILES string of the molecule is CCCCS(=O)(=O)NC(Cc1ccc2c(c1)C(=O)N(C)C(C(C)(C)c1ccc(NC(=O)Nc3ccccc3C)cc1)C(=O)N2)C(=O)O. The van der Waals surface area contributed by atoms with Crippen molar-refractivity contribution in [3.63, 3.8) is 0 Å². The number of aryl methyl sites for hydroxylation is 1. The van der Waals surface area contributed by atoms with Crippen LogP contribution in [-0.2, 0) is 31.4 Å². The van der Waals surface area contributed by atoms with Gasteiger partial charge in [0.1, 0.15) is 12.1 Å². The second-order valence-corrected chi connectivity index (χ2v) is 14.1. The number of carboxylic acid groups (broad SMARTS) is 1. The first-order valence-corrected chi connectivity index (χ1v) is 17.0. The Morgan fingerprint density at radius 2 is 1.70 bits per heavy atom. The van der Waals surface area contributed by atoms with Crippen molar-refractivity contribution in [3.05, 3.63) is 89.0 Å². The summed E-state index contributed by atoms with van der Waals surface area (Å²) < 4.78 is 27.0. The van der Waals surface area contributed by atoms with Gasteiger partial charge in [0.25, 0.3) is 5.91 Å². The standard InChI is InChI=1S/C34H41N5O7S/c1-6-7-18-47(45,46)38-28(32(42)43)20-22-12-17-27-25(19-22)31(41)39(5)29(30(40)36-27)34(3,4)23-13-15-24(16-14-23)35-33(44)37-26-11-9-8-10-21(26)2/h8-17,19,28-29,38H,6-7,18,20H2,1-5H3,(H,36,40)(H,42,43)(H2,35,37,44). The quantitative estimate of drug-likeness (QED) is 0.186. The van der Waals surface area contributed by atoms with E-state index in [1.54, 1.807) is 36.4 Å². The Hall–Kier alpha value is -4.75. The predicted molar refractivity (Wildman–Crippen MR) is 181 cm³/mol. The van der Waals surface area contributed by atoms with E-state index in [9.17, 15) is 32.7 Å². The molecule has 1 aliphatic rings. The number of hydrogen-bond donors (Lipinski definition) is 5. The predicted octanol–water partition coefficient (Wildman–Crippen LogP) is 4.72. The lowest BCUT2D eigenvalue weighted by molar-refractivity contribution is -0.139. The van der Waals surface area contributed by atoms with Crippen LogP contribution in [0.4, 0.5) is 21.9 Å². The highest BCUT2D eigenvalue weighted by molar-refractivity contribution is 7.89. The first kappa shape index (κ1) is 35.1. The van der Waals surface area contributed by atoms with Gasteiger partial charge in [-0.2, -0.15) is 0 Å². The number of nitrogens with one attached hydrogen (secondary N) is 4. The van der Waals surface area contributed by atoms with E-state index in [4.69, 9.17) is 0 Å².